The van der Waals surface area contributed by atoms with E-state index in [0.717, 1.165) is 5.92 Å². The Morgan fingerprint density at radius 3 is 2.71 bits per heavy atom. The Morgan fingerprint density at radius 1 is 1.36 bits per heavy atom. The van der Waals surface area contributed by atoms with E-state index in [9.17, 15) is 5.11 Å². The smallest absolute Gasteiger partial charge is 0.0662 e. The monoisotopic (exact) mass is 197 g/mol. The second-order valence-corrected chi connectivity index (χ2v) is 5.59. The van der Waals surface area contributed by atoms with Gasteiger partial charge in [-0.15, -0.1) is 0 Å². The first-order valence-corrected chi connectivity index (χ1v) is 5.98. The lowest BCUT2D eigenvalue weighted by Crippen LogP contribution is -2.47. The van der Waals surface area contributed by atoms with E-state index in [1.165, 1.54) is 25.7 Å². The molecule has 0 aromatic heterocycles. The summed E-state index contributed by atoms with van der Waals surface area (Å²) in [4.78, 5) is 0. The van der Waals surface area contributed by atoms with Crippen LogP contribution >= 0.6 is 0 Å². The Labute approximate surface area is 87.1 Å². The summed E-state index contributed by atoms with van der Waals surface area (Å²) in [7, 11) is 0. The Bertz CT molecular complexity index is 216. The molecule has 2 rings (SSSR count). The van der Waals surface area contributed by atoms with Gasteiger partial charge in [-0.2, -0.15) is 0 Å². The number of nitrogens with one attached hydrogen (secondary N) is 1. The minimum absolute atomic E-state index is 0.233. The molecule has 2 heteroatoms. The summed E-state index contributed by atoms with van der Waals surface area (Å²) < 4.78 is 0. The highest BCUT2D eigenvalue weighted by Gasteiger charge is 2.56. The van der Waals surface area contributed by atoms with Gasteiger partial charge in [0.1, 0.15) is 0 Å². The molecule has 2 N–H and O–H groups in total. The zero-order valence-corrected chi connectivity index (χ0v) is 9.59. The number of hydrogen-bond acceptors (Lipinski definition) is 2. The molecule has 0 aromatic rings. The van der Waals surface area contributed by atoms with Crippen LogP contribution in [0, 0.1) is 11.3 Å². The lowest BCUT2D eigenvalue weighted by Gasteiger charge is -2.33. The van der Waals surface area contributed by atoms with Gasteiger partial charge in [0.2, 0.25) is 0 Å². The minimum Gasteiger partial charge on any atom is -0.392 e. The number of aliphatic hydroxyl groups is 1. The van der Waals surface area contributed by atoms with E-state index in [4.69, 9.17) is 0 Å². The fraction of sp³-hybridized carbons (Fsp3) is 1.00. The van der Waals surface area contributed by atoms with E-state index in [1.807, 2.05) is 6.92 Å². The maximum Gasteiger partial charge on any atom is 0.0662 e. The Hall–Kier alpha value is -0.0800. The molecular weight excluding hydrogens is 174 g/mol. The average molecular weight is 197 g/mol. The van der Waals surface area contributed by atoms with Crippen LogP contribution in [0.2, 0.25) is 0 Å². The van der Waals surface area contributed by atoms with Crippen molar-refractivity contribution in [3.63, 3.8) is 0 Å². The molecule has 2 nitrogen and oxygen atoms in total. The molecule has 2 fully saturated rings. The number of aliphatic hydroxyl groups excluding tert-OH is 1. The molecule has 5 unspecified atom stereocenters. The molecule has 0 aliphatic heterocycles. The van der Waals surface area contributed by atoms with Gasteiger partial charge in [-0.25, -0.2) is 0 Å². The highest BCUT2D eigenvalue weighted by Crippen LogP contribution is 2.60. The summed E-state index contributed by atoms with van der Waals surface area (Å²) in [5, 5.41) is 13.1. The molecule has 0 aromatic carbocycles. The van der Waals surface area contributed by atoms with Crippen LogP contribution in [0.25, 0.3) is 0 Å². The number of hydrogen-bond donors (Lipinski definition) is 2. The molecule has 82 valence electrons. The van der Waals surface area contributed by atoms with Crippen LogP contribution in [0.4, 0.5) is 0 Å². The predicted octanol–water partition coefficient (Wildman–Crippen LogP) is 1.92. The summed E-state index contributed by atoms with van der Waals surface area (Å²) in [5.74, 6) is 0.968. The van der Waals surface area contributed by atoms with Gasteiger partial charge >= 0.3 is 0 Å². The largest absolute Gasteiger partial charge is 0.392 e. The molecule has 0 saturated heterocycles. The van der Waals surface area contributed by atoms with Crippen molar-refractivity contribution >= 4 is 0 Å². The quantitative estimate of drug-likeness (QED) is 0.724. The van der Waals surface area contributed by atoms with Crippen molar-refractivity contribution in [2.45, 2.75) is 64.6 Å². The maximum atomic E-state index is 9.47. The predicted molar refractivity (Wildman–Crippen MR) is 58.1 cm³/mol. The van der Waals surface area contributed by atoms with Gasteiger partial charge in [-0.3, -0.25) is 0 Å². The van der Waals surface area contributed by atoms with E-state index in [1.54, 1.807) is 0 Å². The van der Waals surface area contributed by atoms with Gasteiger partial charge in [0.05, 0.1) is 6.10 Å². The van der Waals surface area contributed by atoms with E-state index < -0.39 is 0 Å². The average Bonchev–Trinajstić information content (AvgIpc) is 2.78. The van der Waals surface area contributed by atoms with E-state index in [2.05, 4.69) is 19.2 Å². The van der Waals surface area contributed by atoms with Crippen LogP contribution in [-0.4, -0.2) is 23.3 Å². The summed E-state index contributed by atoms with van der Waals surface area (Å²) >= 11 is 0. The Balaban J connectivity index is 1.91. The zero-order valence-electron chi connectivity index (χ0n) is 9.59. The van der Waals surface area contributed by atoms with Crippen LogP contribution in [-0.2, 0) is 0 Å². The molecule has 0 heterocycles. The molecule has 5 atom stereocenters. The first kappa shape index (κ1) is 10.4. The standard InChI is InChI=1S/C12H23NO/c1-8(9(2)14)13-11-6-4-5-10-7-12(10,11)3/h8-11,13-14H,4-7H2,1-3H3. The van der Waals surface area contributed by atoms with Gasteiger partial charge in [-0.1, -0.05) is 13.3 Å². The fourth-order valence-electron chi connectivity index (χ4n) is 2.96. The Kier molecular flexibility index (Phi) is 2.61. The second-order valence-electron chi connectivity index (χ2n) is 5.59. The van der Waals surface area contributed by atoms with Gasteiger partial charge in [0.15, 0.2) is 0 Å². The summed E-state index contributed by atoms with van der Waals surface area (Å²) in [5.41, 5.74) is 0.557. The normalized spacial score (nSPS) is 45.4. The van der Waals surface area contributed by atoms with Crippen molar-refractivity contribution in [3.05, 3.63) is 0 Å². The van der Waals surface area contributed by atoms with Gasteiger partial charge < -0.3 is 10.4 Å². The fourth-order valence-corrected chi connectivity index (χ4v) is 2.96. The molecule has 2 saturated carbocycles. The van der Waals surface area contributed by atoms with Crippen LogP contribution in [0.15, 0.2) is 0 Å². The molecule has 0 radical (unpaired) electrons. The molecule has 0 bridgehead atoms. The summed E-state index contributed by atoms with van der Waals surface area (Å²) in [6.07, 6.45) is 5.25. The van der Waals surface area contributed by atoms with Crippen molar-refractivity contribution in [1.82, 2.24) is 5.32 Å². The molecule has 0 spiro atoms. The lowest BCUT2D eigenvalue weighted by molar-refractivity contribution is 0.128. The van der Waals surface area contributed by atoms with Crippen molar-refractivity contribution in [2.24, 2.45) is 11.3 Å². The van der Waals surface area contributed by atoms with Crippen molar-refractivity contribution in [2.75, 3.05) is 0 Å². The van der Waals surface area contributed by atoms with Gasteiger partial charge in [0, 0.05) is 12.1 Å². The first-order valence-electron chi connectivity index (χ1n) is 5.98. The van der Waals surface area contributed by atoms with Crippen molar-refractivity contribution in [1.29, 1.82) is 0 Å². The first-order chi connectivity index (χ1) is 6.54. The molecule has 2 aliphatic rings. The summed E-state index contributed by atoms with van der Waals surface area (Å²) in [6.45, 7) is 6.36. The van der Waals surface area contributed by atoms with Crippen LogP contribution < -0.4 is 5.32 Å². The zero-order chi connectivity index (χ0) is 10.3. The van der Waals surface area contributed by atoms with Crippen molar-refractivity contribution < 1.29 is 5.11 Å². The van der Waals surface area contributed by atoms with Crippen LogP contribution in [0.3, 0.4) is 0 Å². The number of rotatable bonds is 3. The van der Waals surface area contributed by atoms with E-state index in [0.29, 0.717) is 11.5 Å². The third-order valence-electron chi connectivity index (χ3n) is 4.49. The van der Waals surface area contributed by atoms with Crippen LogP contribution in [0.5, 0.6) is 0 Å². The summed E-state index contributed by atoms with van der Waals surface area (Å²) in [6, 6.07) is 0.877. The topological polar surface area (TPSA) is 32.3 Å². The van der Waals surface area contributed by atoms with E-state index in [-0.39, 0.29) is 12.1 Å². The molecule has 0 amide bonds. The Morgan fingerprint density at radius 2 is 2.07 bits per heavy atom. The van der Waals surface area contributed by atoms with Crippen LogP contribution in [0.1, 0.15) is 46.5 Å². The maximum absolute atomic E-state index is 9.47. The third-order valence-corrected chi connectivity index (χ3v) is 4.49. The third kappa shape index (κ3) is 1.70. The van der Waals surface area contributed by atoms with Crippen molar-refractivity contribution in [3.8, 4) is 0 Å². The SMILES string of the molecule is CC(O)C(C)NC1CCCC2CC21C. The van der Waals surface area contributed by atoms with Gasteiger partial charge in [-0.05, 0) is 44.4 Å². The van der Waals surface area contributed by atoms with Gasteiger partial charge in [0.25, 0.3) is 0 Å². The van der Waals surface area contributed by atoms with E-state index >= 15 is 0 Å². The molecular formula is C12H23NO. The lowest BCUT2D eigenvalue weighted by atomic mass is 9.84. The minimum atomic E-state index is -0.238. The second kappa shape index (κ2) is 3.49. The molecule has 14 heavy (non-hydrogen) atoms. The number of fused-ring (bicyclic) bond motifs is 1. The highest BCUT2D eigenvalue weighted by atomic mass is 16.3. The highest BCUT2D eigenvalue weighted by molar-refractivity contribution is 5.09. The molecule has 2 aliphatic carbocycles.